The fourth-order valence-corrected chi connectivity index (χ4v) is 2.77. The predicted molar refractivity (Wildman–Crippen MR) is 120 cm³/mol. The van der Waals surface area contributed by atoms with Crippen LogP contribution in [0, 0.1) is 6.92 Å². The number of aryl methyl sites for hydroxylation is 1. The minimum absolute atomic E-state index is 0.110. The molecule has 0 spiro atoms. The van der Waals surface area contributed by atoms with Crippen LogP contribution in [-0.4, -0.2) is 29.2 Å². The van der Waals surface area contributed by atoms with Crippen molar-refractivity contribution in [3.8, 4) is 11.5 Å². The van der Waals surface area contributed by atoms with Crippen LogP contribution in [0.2, 0.25) is 0 Å². The minimum atomic E-state index is -0.503. The number of hydrazone groups is 1. The normalized spacial score (nSPS) is 11.0. The molecule has 0 saturated heterocycles. The zero-order chi connectivity index (χ0) is 22.2. The summed E-state index contributed by atoms with van der Waals surface area (Å²) in [5.74, 6) is -0.324. The number of hydrogen-bond donors (Lipinski definition) is 3. The third-order valence-corrected chi connectivity index (χ3v) is 4.54. The molecule has 3 rings (SSSR count). The average molecular weight is 417 g/mol. The highest BCUT2D eigenvalue weighted by Gasteiger charge is 2.10. The third-order valence-electron chi connectivity index (χ3n) is 4.54. The Kier molecular flexibility index (Phi) is 7.01. The number of nitrogens with one attached hydrogen (secondary N) is 2. The summed E-state index contributed by atoms with van der Waals surface area (Å²) in [7, 11) is 0. The Morgan fingerprint density at radius 2 is 1.65 bits per heavy atom. The summed E-state index contributed by atoms with van der Waals surface area (Å²) < 4.78 is 5.53. The van der Waals surface area contributed by atoms with Crippen molar-refractivity contribution in [2.75, 3.05) is 11.9 Å². The molecule has 2 amide bonds. The highest BCUT2D eigenvalue weighted by Crippen LogP contribution is 2.16. The fourth-order valence-electron chi connectivity index (χ4n) is 2.77. The summed E-state index contributed by atoms with van der Waals surface area (Å²) in [5.41, 5.74) is 5.65. The number of nitrogens with zero attached hydrogens (tertiary/aromatic N) is 1. The number of carbonyl (C=O) groups excluding carboxylic acids is 2. The topological polar surface area (TPSA) is 100 Å². The van der Waals surface area contributed by atoms with E-state index in [-0.39, 0.29) is 23.8 Å². The van der Waals surface area contributed by atoms with Gasteiger partial charge in [-0.05, 0) is 67.4 Å². The van der Waals surface area contributed by atoms with E-state index < -0.39 is 5.91 Å². The molecule has 0 saturated carbocycles. The van der Waals surface area contributed by atoms with Crippen LogP contribution in [0.15, 0.2) is 77.9 Å². The molecule has 0 heterocycles. The number of rotatable bonds is 7. The molecule has 0 radical (unpaired) electrons. The van der Waals surface area contributed by atoms with Crippen LogP contribution < -0.4 is 15.5 Å². The summed E-state index contributed by atoms with van der Waals surface area (Å²) in [4.78, 5) is 24.2. The van der Waals surface area contributed by atoms with Gasteiger partial charge < -0.3 is 15.2 Å². The van der Waals surface area contributed by atoms with Crippen LogP contribution in [0.1, 0.15) is 28.4 Å². The summed E-state index contributed by atoms with van der Waals surface area (Å²) in [6, 6.07) is 20.8. The Labute approximate surface area is 180 Å². The van der Waals surface area contributed by atoms with Gasteiger partial charge in [0.05, 0.1) is 11.3 Å². The van der Waals surface area contributed by atoms with Gasteiger partial charge in [0.2, 0.25) is 0 Å². The number of benzene rings is 3. The van der Waals surface area contributed by atoms with E-state index in [0.717, 1.165) is 16.8 Å². The molecule has 7 heteroatoms. The zero-order valence-corrected chi connectivity index (χ0v) is 17.3. The van der Waals surface area contributed by atoms with Gasteiger partial charge in [0, 0.05) is 5.69 Å². The second-order valence-corrected chi connectivity index (χ2v) is 6.83. The lowest BCUT2D eigenvalue weighted by atomic mass is 10.1. The Hall–Kier alpha value is -4.13. The van der Waals surface area contributed by atoms with E-state index in [1.54, 1.807) is 43.3 Å². The van der Waals surface area contributed by atoms with Gasteiger partial charge in [-0.2, -0.15) is 5.10 Å². The number of phenolic OH excluding ortho intramolecular Hbond substituents is 1. The van der Waals surface area contributed by atoms with Gasteiger partial charge >= 0.3 is 0 Å². The average Bonchev–Trinajstić information content (AvgIpc) is 2.78. The van der Waals surface area contributed by atoms with E-state index in [4.69, 9.17) is 4.74 Å². The summed E-state index contributed by atoms with van der Waals surface area (Å²) in [6.45, 7) is 3.55. The molecule has 3 N–H and O–H groups in total. The molecule has 158 valence electrons. The van der Waals surface area contributed by atoms with Crippen molar-refractivity contribution in [3.63, 3.8) is 0 Å². The maximum Gasteiger partial charge on any atom is 0.275 e. The molecule has 0 unspecified atom stereocenters. The SMILES string of the molecule is C/C(=N/NC(=O)c1ccccc1O)c1ccc(OCC(=O)Nc2ccccc2C)cc1. The first-order valence-electron chi connectivity index (χ1n) is 9.65. The number of anilines is 1. The van der Waals surface area contributed by atoms with E-state index in [1.165, 1.54) is 12.1 Å². The minimum Gasteiger partial charge on any atom is -0.507 e. The second-order valence-electron chi connectivity index (χ2n) is 6.83. The summed E-state index contributed by atoms with van der Waals surface area (Å²) in [6.07, 6.45) is 0. The van der Waals surface area contributed by atoms with Gasteiger partial charge in [0.1, 0.15) is 11.5 Å². The number of carbonyl (C=O) groups is 2. The highest BCUT2D eigenvalue weighted by atomic mass is 16.5. The van der Waals surface area contributed by atoms with Crippen molar-refractivity contribution < 1.29 is 19.4 Å². The van der Waals surface area contributed by atoms with Crippen molar-refractivity contribution in [1.82, 2.24) is 5.43 Å². The Morgan fingerprint density at radius 1 is 0.968 bits per heavy atom. The second kappa shape index (κ2) is 10.1. The molecule has 0 fully saturated rings. The van der Waals surface area contributed by atoms with Gasteiger partial charge in [-0.3, -0.25) is 9.59 Å². The number of ether oxygens (including phenoxy) is 1. The lowest BCUT2D eigenvalue weighted by Gasteiger charge is -2.10. The lowest BCUT2D eigenvalue weighted by molar-refractivity contribution is -0.118. The summed E-state index contributed by atoms with van der Waals surface area (Å²) >= 11 is 0. The molecular formula is C24H23N3O4. The van der Waals surface area contributed by atoms with E-state index in [1.807, 2.05) is 31.2 Å². The van der Waals surface area contributed by atoms with Gasteiger partial charge in [-0.15, -0.1) is 0 Å². The summed E-state index contributed by atoms with van der Waals surface area (Å²) in [5, 5.41) is 16.6. The van der Waals surface area contributed by atoms with Crippen LogP contribution in [0.25, 0.3) is 0 Å². The van der Waals surface area contributed by atoms with Crippen molar-refractivity contribution >= 4 is 23.2 Å². The van der Waals surface area contributed by atoms with Gasteiger partial charge in [0.25, 0.3) is 11.8 Å². The van der Waals surface area contributed by atoms with Crippen molar-refractivity contribution in [2.24, 2.45) is 5.10 Å². The van der Waals surface area contributed by atoms with Gasteiger partial charge in [-0.25, -0.2) is 5.43 Å². The van der Waals surface area contributed by atoms with E-state index in [9.17, 15) is 14.7 Å². The molecule has 31 heavy (non-hydrogen) atoms. The van der Waals surface area contributed by atoms with Crippen LogP contribution >= 0.6 is 0 Å². The number of aromatic hydroxyl groups is 1. The van der Waals surface area contributed by atoms with Crippen molar-refractivity contribution in [3.05, 3.63) is 89.5 Å². The number of hydrogen-bond acceptors (Lipinski definition) is 5. The van der Waals surface area contributed by atoms with E-state index >= 15 is 0 Å². The maximum atomic E-state index is 12.1. The van der Waals surface area contributed by atoms with Crippen LogP contribution in [0.4, 0.5) is 5.69 Å². The Morgan fingerprint density at radius 3 is 2.35 bits per heavy atom. The lowest BCUT2D eigenvalue weighted by Crippen LogP contribution is -2.20. The molecule has 0 atom stereocenters. The van der Waals surface area contributed by atoms with E-state index in [2.05, 4.69) is 15.8 Å². The molecular weight excluding hydrogens is 394 g/mol. The number of phenols is 1. The molecule has 0 aliphatic rings. The third kappa shape index (κ3) is 5.93. The molecule has 7 nitrogen and oxygen atoms in total. The van der Waals surface area contributed by atoms with Crippen molar-refractivity contribution in [1.29, 1.82) is 0 Å². The first kappa shape index (κ1) is 21.6. The largest absolute Gasteiger partial charge is 0.507 e. The van der Waals surface area contributed by atoms with Crippen molar-refractivity contribution in [2.45, 2.75) is 13.8 Å². The predicted octanol–water partition coefficient (Wildman–Crippen LogP) is 3.87. The molecule has 3 aromatic carbocycles. The molecule has 0 aliphatic carbocycles. The van der Waals surface area contributed by atoms with Gasteiger partial charge in [0.15, 0.2) is 6.61 Å². The van der Waals surface area contributed by atoms with E-state index in [0.29, 0.717) is 11.5 Å². The number of amides is 2. The van der Waals surface area contributed by atoms with Crippen LogP contribution in [0.5, 0.6) is 11.5 Å². The maximum absolute atomic E-state index is 12.1. The fraction of sp³-hybridized carbons (Fsp3) is 0.125. The smallest absolute Gasteiger partial charge is 0.275 e. The Balaban J connectivity index is 1.54. The molecule has 0 bridgehead atoms. The van der Waals surface area contributed by atoms with Crippen LogP contribution in [0.3, 0.4) is 0 Å². The molecule has 3 aromatic rings. The Bertz CT molecular complexity index is 1110. The molecule has 0 aromatic heterocycles. The van der Waals surface area contributed by atoms with Gasteiger partial charge in [-0.1, -0.05) is 30.3 Å². The zero-order valence-electron chi connectivity index (χ0n) is 17.3. The first-order valence-corrected chi connectivity index (χ1v) is 9.65. The standard InChI is InChI=1S/C24H23N3O4/c1-16-7-3-5-9-21(16)25-23(29)15-31-19-13-11-18(12-14-19)17(2)26-27-24(30)20-8-4-6-10-22(20)28/h3-14,28H,15H2,1-2H3,(H,25,29)(H,27,30)/b26-17-. The van der Waals surface area contributed by atoms with Crippen LogP contribution in [-0.2, 0) is 4.79 Å². The highest BCUT2D eigenvalue weighted by molar-refractivity contribution is 6.01. The monoisotopic (exact) mass is 417 g/mol. The molecule has 0 aliphatic heterocycles. The quantitative estimate of drug-likeness (QED) is 0.401. The first-order chi connectivity index (χ1) is 14.9. The number of para-hydroxylation sites is 2.